The predicted octanol–water partition coefficient (Wildman–Crippen LogP) is 2.49. The lowest BCUT2D eigenvalue weighted by Crippen LogP contribution is -2.48. The molecule has 0 spiro atoms. The first-order valence-electron chi connectivity index (χ1n) is 8.19. The Labute approximate surface area is 162 Å². The summed E-state index contributed by atoms with van der Waals surface area (Å²) in [4.78, 5) is 16.0. The predicted molar refractivity (Wildman–Crippen MR) is 110 cm³/mol. The molecule has 1 aliphatic carbocycles. The van der Waals surface area contributed by atoms with Gasteiger partial charge in [-0.1, -0.05) is 30.3 Å². The molecule has 134 valence electrons. The van der Waals surface area contributed by atoms with Crippen molar-refractivity contribution in [1.82, 2.24) is 16.0 Å². The Bertz CT molecular complexity index is 554. The van der Waals surface area contributed by atoms with Gasteiger partial charge >= 0.3 is 0 Å². The van der Waals surface area contributed by atoms with Gasteiger partial charge in [0.15, 0.2) is 5.96 Å². The number of hydrogen-bond donors (Lipinski definition) is 3. The van der Waals surface area contributed by atoms with Crippen molar-refractivity contribution in [3.63, 3.8) is 0 Å². The van der Waals surface area contributed by atoms with E-state index in [0.29, 0.717) is 17.8 Å². The summed E-state index contributed by atoms with van der Waals surface area (Å²) in [7, 11) is 1.72. The molecule has 2 unspecified atom stereocenters. The first-order valence-corrected chi connectivity index (χ1v) is 8.19. The number of carbonyl (C=O) groups excluding carboxylic acids is 1. The zero-order chi connectivity index (χ0) is 16.9. The summed E-state index contributed by atoms with van der Waals surface area (Å²) in [6.07, 6.45) is 1.21. The smallest absolute Gasteiger partial charge is 0.239 e. The highest BCUT2D eigenvalue weighted by Crippen LogP contribution is 2.46. The maximum atomic E-state index is 11.8. The highest BCUT2D eigenvalue weighted by atomic mass is 127. The van der Waals surface area contributed by atoms with Gasteiger partial charge in [-0.3, -0.25) is 9.79 Å². The topological polar surface area (TPSA) is 65.5 Å². The average Bonchev–Trinajstić information content (AvgIpc) is 3.26. The third-order valence-electron chi connectivity index (χ3n) is 3.84. The van der Waals surface area contributed by atoms with Gasteiger partial charge in [-0.15, -0.1) is 24.0 Å². The van der Waals surface area contributed by atoms with E-state index in [2.05, 4.69) is 45.2 Å². The number of aliphatic imine (C=N–C) groups is 1. The fourth-order valence-corrected chi connectivity index (χ4v) is 2.66. The summed E-state index contributed by atoms with van der Waals surface area (Å²) in [6, 6.07) is 10.6. The van der Waals surface area contributed by atoms with Crippen LogP contribution in [0.25, 0.3) is 0 Å². The van der Waals surface area contributed by atoms with Crippen LogP contribution in [0, 0.1) is 5.92 Å². The van der Waals surface area contributed by atoms with Crippen molar-refractivity contribution in [2.24, 2.45) is 10.9 Å². The number of hydrogen-bond acceptors (Lipinski definition) is 2. The summed E-state index contributed by atoms with van der Waals surface area (Å²) in [5.41, 5.74) is 1.19. The van der Waals surface area contributed by atoms with E-state index in [1.54, 1.807) is 7.05 Å². The summed E-state index contributed by atoms with van der Waals surface area (Å²) >= 11 is 0. The molecular formula is C18H29IN4O. The van der Waals surface area contributed by atoms with Crippen LogP contribution < -0.4 is 16.0 Å². The van der Waals surface area contributed by atoms with Gasteiger partial charge in [-0.05, 0) is 44.6 Å². The van der Waals surface area contributed by atoms with E-state index < -0.39 is 0 Å². The number of nitrogens with one attached hydrogen (secondary N) is 3. The van der Waals surface area contributed by atoms with Gasteiger partial charge in [0.25, 0.3) is 0 Å². The molecule has 0 radical (unpaired) electrons. The number of guanidine groups is 1. The number of benzene rings is 1. The van der Waals surface area contributed by atoms with Gasteiger partial charge < -0.3 is 16.0 Å². The molecule has 1 amide bonds. The highest BCUT2D eigenvalue weighted by molar-refractivity contribution is 14.0. The normalized spacial score (nSPS) is 19.9. The van der Waals surface area contributed by atoms with Crippen LogP contribution in [0.1, 0.15) is 38.7 Å². The van der Waals surface area contributed by atoms with Gasteiger partial charge in [-0.25, -0.2) is 0 Å². The van der Waals surface area contributed by atoms with Crippen molar-refractivity contribution in [2.75, 3.05) is 20.1 Å². The minimum absolute atomic E-state index is 0. The maximum Gasteiger partial charge on any atom is 0.239 e. The van der Waals surface area contributed by atoms with Crippen molar-refractivity contribution >= 4 is 35.8 Å². The second-order valence-electron chi connectivity index (χ2n) is 7.12. The first kappa shape index (κ1) is 20.7. The molecule has 2 atom stereocenters. The maximum absolute atomic E-state index is 11.8. The molecule has 0 saturated heterocycles. The van der Waals surface area contributed by atoms with E-state index in [9.17, 15) is 4.79 Å². The molecule has 1 aliphatic rings. The lowest BCUT2D eigenvalue weighted by atomic mass is 10.1. The summed E-state index contributed by atoms with van der Waals surface area (Å²) in [6.45, 7) is 7.00. The molecule has 1 saturated carbocycles. The van der Waals surface area contributed by atoms with Gasteiger partial charge in [0.05, 0.1) is 6.54 Å². The molecule has 0 bridgehead atoms. The number of halogens is 1. The van der Waals surface area contributed by atoms with Crippen LogP contribution in [-0.2, 0) is 4.79 Å². The standard InChI is InChI=1S/C18H28N4O.HI/c1-18(2,3)22-16(23)12-21-17(19-4)20-11-14-10-15(14)13-8-6-5-7-9-13;/h5-9,14-15H,10-12H2,1-4H3,(H,22,23)(H2,19,20,21);1H. The lowest BCUT2D eigenvalue weighted by molar-refractivity contribution is -0.121. The summed E-state index contributed by atoms with van der Waals surface area (Å²) in [5, 5.41) is 9.28. The van der Waals surface area contributed by atoms with E-state index in [1.165, 1.54) is 12.0 Å². The van der Waals surface area contributed by atoms with E-state index in [4.69, 9.17) is 0 Å². The van der Waals surface area contributed by atoms with Crippen LogP contribution >= 0.6 is 24.0 Å². The second kappa shape index (κ2) is 9.25. The molecule has 1 fully saturated rings. The fourth-order valence-electron chi connectivity index (χ4n) is 2.66. The van der Waals surface area contributed by atoms with Crippen molar-refractivity contribution in [2.45, 2.75) is 38.6 Å². The molecule has 24 heavy (non-hydrogen) atoms. The van der Waals surface area contributed by atoms with Gasteiger partial charge in [0.1, 0.15) is 0 Å². The van der Waals surface area contributed by atoms with Crippen LogP contribution in [0.5, 0.6) is 0 Å². The zero-order valence-electron chi connectivity index (χ0n) is 14.9. The fraction of sp³-hybridized carbons (Fsp3) is 0.556. The number of amides is 1. The number of rotatable bonds is 5. The molecule has 0 aliphatic heterocycles. The summed E-state index contributed by atoms with van der Waals surface area (Å²) in [5.74, 6) is 1.92. The highest BCUT2D eigenvalue weighted by Gasteiger charge is 2.37. The van der Waals surface area contributed by atoms with Crippen LogP contribution in [0.4, 0.5) is 0 Å². The first-order chi connectivity index (χ1) is 10.9. The van der Waals surface area contributed by atoms with Crippen LogP contribution in [0.15, 0.2) is 35.3 Å². The Hall–Kier alpha value is -1.31. The molecule has 5 nitrogen and oxygen atoms in total. The monoisotopic (exact) mass is 444 g/mol. The minimum Gasteiger partial charge on any atom is -0.356 e. The summed E-state index contributed by atoms with van der Waals surface area (Å²) < 4.78 is 0. The van der Waals surface area contributed by atoms with Crippen LogP contribution in [-0.4, -0.2) is 37.5 Å². The quantitative estimate of drug-likeness (QED) is 0.372. The van der Waals surface area contributed by atoms with Crippen molar-refractivity contribution < 1.29 is 4.79 Å². The molecule has 6 heteroatoms. The zero-order valence-corrected chi connectivity index (χ0v) is 17.3. The van der Waals surface area contributed by atoms with Gasteiger partial charge in [0, 0.05) is 19.1 Å². The van der Waals surface area contributed by atoms with Gasteiger partial charge in [0.2, 0.25) is 5.91 Å². The van der Waals surface area contributed by atoms with Crippen LogP contribution in [0.2, 0.25) is 0 Å². The molecule has 1 aromatic carbocycles. The Morgan fingerprint density at radius 3 is 2.46 bits per heavy atom. The minimum atomic E-state index is -0.216. The molecular weight excluding hydrogens is 415 g/mol. The van der Waals surface area contributed by atoms with E-state index in [-0.39, 0.29) is 42.0 Å². The van der Waals surface area contributed by atoms with Gasteiger partial charge in [-0.2, -0.15) is 0 Å². The Balaban J connectivity index is 0.00000288. The van der Waals surface area contributed by atoms with Crippen molar-refractivity contribution in [1.29, 1.82) is 0 Å². The van der Waals surface area contributed by atoms with E-state index in [1.807, 2.05) is 26.8 Å². The SMILES string of the molecule is CN=C(NCC(=O)NC(C)(C)C)NCC1CC1c1ccccc1.I. The molecule has 2 rings (SSSR count). The Morgan fingerprint density at radius 1 is 1.21 bits per heavy atom. The molecule has 1 aromatic rings. The molecule has 3 N–H and O–H groups in total. The molecule has 0 heterocycles. The third-order valence-corrected chi connectivity index (χ3v) is 3.84. The number of carbonyl (C=O) groups is 1. The third kappa shape index (κ3) is 7.07. The molecule has 0 aromatic heterocycles. The van der Waals surface area contributed by atoms with Crippen molar-refractivity contribution in [3.8, 4) is 0 Å². The van der Waals surface area contributed by atoms with Crippen LogP contribution in [0.3, 0.4) is 0 Å². The van der Waals surface area contributed by atoms with E-state index in [0.717, 1.165) is 6.54 Å². The largest absolute Gasteiger partial charge is 0.356 e. The van der Waals surface area contributed by atoms with Crippen molar-refractivity contribution in [3.05, 3.63) is 35.9 Å². The lowest BCUT2D eigenvalue weighted by Gasteiger charge is -2.21. The number of nitrogens with zero attached hydrogens (tertiary/aromatic N) is 1. The average molecular weight is 444 g/mol. The van der Waals surface area contributed by atoms with E-state index >= 15 is 0 Å². The Kier molecular flexibility index (Phi) is 7.99. The second-order valence-corrected chi connectivity index (χ2v) is 7.12. The Morgan fingerprint density at radius 2 is 1.88 bits per heavy atom.